The minimum atomic E-state index is -1.39. The Morgan fingerprint density at radius 3 is 2.17 bits per heavy atom. The smallest absolute Gasteiger partial charge is 0.269 e. The summed E-state index contributed by atoms with van der Waals surface area (Å²) < 4.78 is 0. The van der Waals surface area contributed by atoms with E-state index in [1.54, 1.807) is 35.7 Å². The number of aliphatic hydroxyl groups is 1. The Labute approximate surface area is 221 Å². The topological polar surface area (TPSA) is 104 Å². The van der Waals surface area contributed by atoms with Gasteiger partial charge in [-0.25, -0.2) is 0 Å². The summed E-state index contributed by atoms with van der Waals surface area (Å²) in [5, 5.41) is 10.6. The van der Waals surface area contributed by atoms with Crippen LogP contribution in [0, 0.1) is 0 Å². The summed E-state index contributed by atoms with van der Waals surface area (Å²) in [5.74, 6) is 0.368. The maximum atomic E-state index is 12.4. The minimum absolute atomic E-state index is 0.402. The third-order valence-electron chi connectivity index (χ3n) is 5.46. The van der Waals surface area contributed by atoms with Crippen molar-refractivity contribution >= 4 is 35.3 Å². The maximum absolute atomic E-state index is 12.4. The van der Waals surface area contributed by atoms with Crippen molar-refractivity contribution in [3.63, 3.8) is 0 Å². The zero-order valence-corrected chi connectivity index (χ0v) is 22.1. The number of amides is 2. The first-order chi connectivity index (χ1) is 17.3. The average molecular weight is 524 g/mol. The largest absolute Gasteiger partial charge is 0.382 e. The van der Waals surface area contributed by atoms with Gasteiger partial charge >= 0.3 is 0 Å². The quantitative estimate of drug-likeness (QED) is 0.216. The molecule has 0 aromatic heterocycles. The van der Waals surface area contributed by atoms with E-state index in [9.17, 15) is 14.7 Å². The number of carbonyl (C=O) groups is 2. The summed E-state index contributed by atoms with van der Waals surface area (Å²) >= 11 is 3.39. The molecule has 3 aromatic carbocycles. The van der Waals surface area contributed by atoms with Gasteiger partial charge in [-0.1, -0.05) is 68.4 Å². The number of nitrogens with two attached hydrogens (primary N) is 1. The Hall–Kier alpha value is -2.78. The predicted octanol–water partition coefficient (Wildman–Crippen LogP) is 4.63. The molecule has 8 heteroatoms. The molecule has 2 atom stereocenters. The van der Waals surface area contributed by atoms with Gasteiger partial charge < -0.3 is 10.8 Å². The highest BCUT2D eigenvalue weighted by Gasteiger charge is 2.23. The Kier molecular flexibility index (Phi) is 10.9. The first kappa shape index (κ1) is 27.8. The zero-order chi connectivity index (χ0) is 25.9. The number of thioether (sulfide) groups is 2. The lowest BCUT2D eigenvalue weighted by Crippen LogP contribution is -2.52. The molecule has 0 heterocycles. The van der Waals surface area contributed by atoms with Crippen molar-refractivity contribution in [2.45, 2.75) is 48.3 Å². The second-order valence-electron chi connectivity index (χ2n) is 8.64. The van der Waals surface area contributed by atoms with Crippen LogP contribution in [-0.2, 0) is 10.5 Å². The van der Waals surface area contributed by atoms with Crippen LogP contribution in [0.25, 0.3) is 11.1 Å². The lowest BCUT2D eigenvalue weighted by Gasteiger charge is -2.18. The first-order valence-corrected chi connectivity index (χ1v) is 13.9. The molecule has 0 saturated heterocycles. The van der Waals surface area contributed by atoms with E-state index in [2.05, 4.69) is 61.1 Å². The van der Waals surface area contributed by atoms with E-state index < -0.39 is 24.0 Å². The minimum Gasteiger partial charge on any atom is -0.382 e. The summed E-state index contributed by atoms with van der Waals surface area (Å²) in [6, 6.07) is 25.2. The van der Waals surface area contributed by atoms with Crippen molar-refractivity contribution in [3.05, 3.63) is 90.0 Å². The second kappa shape index (κ2) is 14.1. The van der Waals surface area contributed by atoms with E-state index in [1.807, 2.05) is 30.3 Å². The zero-order valence-electron chi connectivity index (χ0n) is 20.5. The standard InChI is InChI=1S/C28H33N3O3S2/c1-19(2)35-17-16-25(29)26(32)28(34)31-30-27(33)23-12-14-24(15-13-23)36-18-20-8-10-22(11-9-20)21-6-4-3-5-7-21/h3-15,19,25-26,32H,16-18,29H2,1-2H3,(H,30,33)(H,31,34)/t25-,26-/m1/s1. The van der Waals surface area contributed by atoms with Crippen molar-refractivity contribution in [3.8, 4) is 11.1 Å². The van der Waals surface area contributed by atoms with Gasteiger partial charge in [0, 0.05) is 22.3 Å². The van der Waals surface area contributed by atoms with Gasteiger partial charge in [0.1, 0.15) is 6.10 Å². The second-order valence-corrected chi connectivity index (χ2v) is 11.4. The van der Waals surface area contributed by atoms with Gasteiger partial charge in [0.15, 0.2) is 0 Å². The Balaban J connectivity index is 1.43. The van der Waals surface area contributed by atoms with Gasteiger partial charge in [-0.05, 0) is 58.4 Å². The van der Waals surface area contributed by atoms with Crippen LogP contribution in [-0.4, -0.2) is 40.1 Å². The fraction of sp³-hybridized carbons (Fsp3) is 0.286. The van der Waals surface area contributed by atoms with Crippen LogP contribution < -0.4 is 16.6 Å². The molecule has 0 spiro atoms. The highest BCUT2D eigenvalue weighted by molar-refractivity contribution is 7.99. The lowest BCUT2D eigenvalue weighted by molar-refractivity contribution is -0.131. The molecule has 190 valence electrons. The van der Waals surface area contributed by atoms with Crippen molar-refractivity contribution < 1.29 is 14.7 Å². The van der Waals surface area contributed by atoms with E-state index in [0.29, 0.717) is 17.2 Å². The van der Waals surface area contributed by atoms with Gasteiger partial charge in [-0.15, -0.1) is 11.8 Å². The van der Waals surface area contributed by atoms with E-state index in [-0.39, 0.29) is 0 Å². The molecule has 36 heavy (non-hydrogen) atoms. The molecule has 0 radical (unpaired) electrons. The highest BCUT2D eigenvalue weighted by atomic mass is 32.2. The van der Waals surface area contributed by atoms with Crippen LogP contribution in [0.1, 0.15) is 36.2 Å². The number of nitrogens with one attached hydrogen (secondary N) is 2. The lowest BCUT2D eigenvalue weighted by atomic mass is 10.0. The van der Waals surface area contributed by atoms with Gasteiger partial charge in [-0.2, -0.15) is 11.8 Å². The van der Waals surface area contributed by atoms with E-state index in [1.165, 1.54) is 16.7 Å². The molecule has 0 unspecified atom stereocenters. The number of hydrogen-bond acceptors (Lipinski definition) is 6. The number of rotatable bonds is 11. The molecule has 0 aliphatic rings. The fourth-order valence-electron chi connectivity index (χ4n) is 3.35. The third-order valence-corrected chi connectivity index (χ3v) is 7.68. The van der Waals surface area contributed by atoms with Crippen molar-refractivity contribution in [2.24, 2.45) is 5.73 Å². The number of aliphatic hydroxyl groups excluding tert-OH is 1. The Bertz CT molecular complexity index is 1110. The SMILES string of the molecule is CC(C)SCC[C@@H](N)[C@@H](O)C(=O)NNC(=O)c1ccc(SCc2ccc(-c3ccccc3)cc2)cc1. The molecule has 0 aliphatic heterocycles. The number of carbonyl (C=O) groups excluding carboxylic acids is 2. The number of hydrogen-bond donors (Lipinski definition) is 4. The van der Waals surface area contributed by atoms with Crippen molar-refractivity contribution in [1.29, 1.82) is 0 Å². The normalized spacial score (nSPS) is 12.7. The fourth-order valence-corrected chi connectivity index (χ4v) is 5.08. The molecule has 2 amide bonds. The summed E-state index contributed by atoms with van der Waals surface area (Å²) in [7, 11) is 0. The monoisotopic (exact) mass is 523 g/mol. The third kappa shape index (κ3) is 8.71. The van der Waals surface area contributed by atoms with Crippen LogP contribution >= 0.6 is 23.5 Å². The molecule has 0 fully saturated rings. The summed E-state index contributed by atoms with van der Waals surface area (Å²) in [4.78, 5) is 25.5. The molecule has 5 N–H and O–H groups in total. The van der Waals surface area contributed by atoms with Crippen LogP contribution in [0.5, 0.6) is 0 Å². The molecule has 0 aliphatic carbocycles. The molecular weight excluding hydrogens is 490 g/mol. The summed E-state index contributed by atoms with van der Waals surface area (Å²) in [6.45, 7) is 4.15. The van der Waals surface area contributed by atoms with Gasteiger partial charge in [0.2, 0.25) is 0 Å². The van der Waals surface area contributed by atoms with Crippen LogP contribution in [0.15, 0.2) is 83.8 Å². The molecule has 0 bridgehead atoms. The summed E-state index contributed by atoms with van der Waals surface area (Å²) in [5.41, 5.74) is 14.5. The number of hydrazine groups is 1. The van der Waals surface area contributed by atoms with Crippen LogP contribution in [0.3, 0.4) is 0 Å². The molecule has 0 saturated carbocycles. The van der Waals surface area contributed by atoms with Crippen molar-refractivity contribution in [2.75, 3.05) is 5.75 Å². The van der Waals surface area contributed by atoms with E-state index in [4.69, 9.17) is 5.73 Å². The Morgan fingerprint density at radius 1 is 0.889 bits per heavy atom. The van der Waals surface area contributed by atoms with Crippen molar-refractivity contribution in [1.82, 2.24) is 10.9 Å². The van der Waals surface area contributed by atoms with E-state index >= 15 is 0 Å². The Morgan fingerprint density at radius 2 is 1.53 bits per heavy atom. The van der Waals surface area contributed by atoms with E-state index in [0.717, 1.165) is 16.4 Å². The molecule has 6 nitrogen and oxygen atoms in total. The van der Waals surface area contributed by atoms with Crippen LogP contribution in [0.4, 0.5) is 0 Å². The number of benzene rings is 3. The van der Waals surface area contributed by atoms with Gasteiger partial charge in [0.05, 0.1) is 0 Å². The molecule has 3 rings (SSSR count). The predicted molar refractivity (Wildman–Crippen MR) is 150 cm³/mol. The summed E-state index contributed by atoms with van der Waals surface area (Å²) in [6.07, 6.45) is -0.889. The molecule has 3 aromatic rings. The average Bonchev–Trinajstić information content (AvgIpc) is 2.90. The van der Waals surface area contributed by atoms with Gasteiger partial charge in [-0.3, -0.25) is 20.4 Å². The van der Waals surface area contributed by atoms with Crippen LogP contribution in [0.2, 0.25) is 0 Å². The highest BCUT2D eigenvalue weighted by Crippen LogP contribution is 2.25. The maximum Gasteiger partial charge on any atom is 0.269 e. The van der Waals surface area contributed by atoms with Gasteiger partial charge in [0.25, 0.3) is 11.8 Å². The first-order valence-electron chi connectivity index (χ1n) is 11.9. The molecular formula is C28H33N3O3S2.